The Morgan fingerprint density at radius 1 is 0.333 bits per heavy atom. The van der Waals surface area contributed by atoms with Gasteiger partial charge in [0, 0.05) is 38.2 Å². The molecule has 0 aliphatic rings. The van der Waals surface area contributed by atoms with Crippen LogP contribution in [0.5, 0.6) is 0 Å². The number of hydrogen-bond acceptors (Lipinski definition) is 2. The summed E-state index contributed by atoms with van der Waals surface area (Å²) < 4.78 is 4.66. The molecule has 0 atom stereocenters. The average Bonchev–Trinajstić information content (AvgIpc) is 3.76. The smallest absolute Gasteiger partial charge is 0.235 e. The fourth-order valence-electron chi connectivity index (χ4n) is 8.87. The standard InChI is InChI=1S/C50H30N4/c1-3-13-36-31(11-1)21-22-33-23-24-34(29-41(33)36)49-40-17-5-8-18-43(40)51-50(52-49)54-46-28-26-35(30-42(46)48-37-14-4-2-12-32(37)25-27-47(48)54)53-44-19-9-6-15-38(44)39-16-7-10-20-45(39)53/h1-30H. The third-order valence-electron chi connectivity index (χ3n) is 11.3. The first kappa shape index (κ1) is 29.3. The molecule has 0 unspecified atom stereocenters. The highest BCUT2D eigenvalue weighted by Crippen LogP contribution is 2.40. The maximum absolute atomic E-state index is 5.48. The summed E-state index contributed by atoms with van der Waals surface area (Å²) in [6.45, 7) is 0. The van der Waals surface area contributed by atoms with Crippen LogP contribution in [0.15, 0.2) is 182 Å². The summed E-state index contributed by atoms with van der Waals surface area (Å²) in [6, 6.07) is 65.5. The first-order valence-electron chi connectivity index (χ1n) is 18.4. The van der Waals surface area contributed by atoms with Gasteiger partial charge in [-0.2, -0.15) is 0 Å². The molecule has 0 fully saturated rings. The summed E-state index contributed by atoms with van der Waals surface area (Å²) in [5.41, 5.74) is 8.55. The van der Waals surface area contributed by atoms with Crippen LogP contribution < -0.4 is 0 Å². The number of benzene rings is 9. The minimum Gasteiger partial charge on any atom is -0.309 e. The minimum atomic E-state index is 0.654. The van der Waals surface area contributed by atoms with Crippen molar-refractivity contribution < 1.29 is 0 Å². The van der Waals surface area contributed by atoms with E-state index in [9.17, 15) is 0 Å². The molecular formula is C50H30N4. The highest BCUT2D eigenvalue weighted by atomic mass is 15.2. The molecule has 3 aromatic heterocycles. The van der Waals surface area contributed by atoms with E-state index in [0.717, 1.165) is 44.3 Å². The Labute approximate surface area is 309 Å². The van der Waals surface area contributed by atoms with Crippen molar-refractivity contribution >= 4 is 86.8 Å². The van der Waals surface area contributed by atoms with Gasteiger partial charge < -0.3 is 4.57 Å². The largest absolute Gasteiger partial charge is 0.309 e. The van der Waals surface area contributed by atoms with E-state index < -0.39 is 0 Å². The minimum absolute atomic E-state index is 0.654. The molecule has 0 aliphatic carbocycles. The zero-order valence-corrected chi connectivity index (χ0v) is 29.1. The molecule has 0 radical (unpaired) electrons. The van der Waals surface area contributed by atoms with Crippen LogP contribution in [0.25, 0.3) is 110 Å². The normalized spacial score (nSPS) is 12.1. The summed E-state index contributed by atoms with van der Waals surface area (Å²) >= 11 is 0. The van der Waals surface area contributed by atoms with Crippen molar-refractivity contribution in [3.63, 3.8) is 0 Å². The van der Waals surface area contributed by atoms with Crippen LogP contribution in [0.4, 0.5) is 0 Å². The molecule has 54 heavy (non-hydrogen) atoms. The van der Waals surface area contributed by atoms with Crippen molar-refractivity contribution in [3.05, 3.63) is 182 Å². The second-order valence-corrected chi connectivity index (χ2v) is 14.2. The summed E-state index contributed by atoms with van der Waals surface area (Å²) in [7, 11) is 0. The molecule has 250 valence electrons. The van der Waals surface area contributed by atoms with Gasteiger partial charge >= 0.3 is 0 Å². The van der Waals surface area contributed by atoms with Crippen molar-refractivity contribution in [2.24, 2.45) is 0 Å². The molecule has 0 spiro atoms. The first-order chi connectivity index (χ1) is 26.8. The van der Waals surface area contributed by atoms with E-state index in [1.807, 2.05) is 0 Å². The van der Waals surface area contributed by atoms with E-state index in [1.54, 1.807) is 0 Å². The molecular weight excluding hydrogens is 657 g/mol. The second kappa shape index (κ2) is 11.1. The van der Waals surface area contributed by atoms with Gasteiger partial charge in [-0.25, -0.2) is 9.97 Å². The lowest BCUT2D eigenvalue weighted by atomic mass is 9.98. The fraction of sp³-hybridized carbons (Fsp3) is 0. The summed E-state index contributed by atoms with van der Waals surface area (Å²) in [5, 5.41) is 13.2. The average molecular weight is 687 g/mol. The van der Waals surface area contributed by atoms with E-state index in [4.69, 9.17) is 9.97 Å². The molecule has 0 aliphatic heterocycles. The van der Waals surface area contributed by atoms with Gasteiger partial charge in [0.15, 0.2) is 0 Å². The van der Waals surface area contributed by atoms with E-state index in [2.05, 4.69) is 191 Å². The first-order valence-corrected chi connectivity index (χ1v) is 18.4. The molecule has 12 aromatic rings. The predicted molar refractivity (Wildman–Crippen MR) is 226 cm³/mol. The third-order valence-corrected chi connectivity index (χ3v) is 11.3. The lowest BCUT2D eigenvalue weighted by Gasteiger charge is -2.13. The number of hydrogen-bond donors (Lipinski definition) is 0. The molecule has 12 rings (SSSR count). The van der Waals surface area contributed by atoms with Gasteiger partial charge in [0.05, 0.1) is 33.3 Å². The number of nitrogens with zero attached hydrogens (tertiary/aromatic N) is 4. The maximum atomic E-state index is 5.48. The van der Waals surface area contributed by atoms with Crippen LogP contribution in [-0.4, -0.2) is 19.1 Å². The van der Waals surface area contributed by atoms with Gasteiger partial charge in [-0.15, -0.1) is 0 Å². The molecule has 4 heteroatoms. The lowest BCUT2D eigenvalue weighted by Crippen LogP contribution is -2.03. The van der Waals surface area contributed by atoms with Crippen molar-refractivity contribution in [2.45, 2.75) is 0 Å². The Kier molecular flexibility index (Phi) is 6.02. The summed E-state index contributed by atoms with van der Waals surface area (Å²) in [5.74, 6) is 0.654. The number of aromatic nitrogens is 4. The Morgan fingerprint density at radius 3 is 1.67 bits per heavy atom. The summed E-state index contributed by atoms with van der Waals surface area (Å²) in [4.78, 5) is 10.8. The summed E-state index contributed by atoms with van der Waals surface area (Å²) in [6.07, 6.45) is 0. The van der Waals surface area contributed by atoms with Crippen molar-refractivity contribution in [2.75, 3.05) is 0 Å². The van der Waals surface area contributed by atoms with Crippen LogP contribution >= 0.6 is 0 Å². The van der Waals surface area contributed by atoms with Crippen LogP contribution in [0.2, 0.25) is 0 Å². The number of para-hydroxylation sites is 3. The van der Waals surface area contributed by atoms with Gasteiger partial charge in [-0.3, -0.25) is 4.57 Å². The quantitative estimate of drug-likeness (QED) is 0.173. The second-order valence-electron chi connectivity index (χ2n) is 14.2. The third kappa shape index (κ3) is 4.13. The van der Waals surface area contributed by atoms with Gasteiger partial charge in [-0.05, 0) is 80.8 Å². The Balaban J connectivity index is 1.16. The number of fused-ring (bicyclic) bond motifs is 12. The van der Waals surface area contributed by atoms with E-state index in [-0.39, 0.29) is 0 Å². The van der Waals surface area contributed by atoms with Crippen molar-refractivity contribution in [3.8, 4) is 22.9 Å². The zero-order chi connectivity index (χ0) is 35.3. The molecule has 4 nitrogen and oxygen atoms in total. The molecule has 0 N–H and O–H groups in total. The topological polar surface area (TPSA) is 35.6 Å². The monoisotopic (exact) mass is 686 g/mol. The zero-order valence-electron chi connectivity index (χ0n) is 29.1. The highest BCUT2D eigenvalue weighted by Gasteiger charge is 2.21. The van der Waals surface area contributed by atoms with E-state index in [0.29, 0.717) is 5.95 Å². The Bertz CT molecular complexity index is 3460. The van der Waals surface area contributed by atoms with Crippen LogP contribution in [-0.2, 0) is 0 Å². The molecule has 3 heterocycles. The SMILES string of the molecule is c1ccc2c(c1)ccc1ccc(-c3nc(-n4c5ccc(-n6c7ccccc7c7ccccc76)cc5c5c6ccccc6ccc54)nc4ccccc34)cc12. The Morgan fingerprint density at radius 2 is 0.889 bits per heavy atom. The fourth-order valence-corrected chi connectivity index (χ4v) is 8.87. The van der Waals surface area contributed by atoms with Crippen LogP contribution in [0, 0.1) is 0 Å². The Hall–Kier alpha value is -7.30. The highest BCUT2D eigenvalue weighted by molar-refractivity contribution is 6.22. The van der Waals surface area contributed by atoms with Crippen LogP contribution in [0.1, 0.15) is 0 Å². The lowest BCUT2D eigenvalue weighted by molar-refractivity contribution is 1.01. The van der Waals surface area contributed by atoms with Gasteiger partial charge in [0.1, 0.15) is 0 Å². The van der Waals surface area contributed by atoms with Gasteiger partial charge in [0.25, 0.3) is 0 Å². The maximum Gasteiger partial charge on any atom is 0.235 e. The van der Waals surface area contributed by atoms with E-state index >= 15 is 0 Å². The van der Waals surface area contributed by atoms with Gasteiger partial charge in [0.2, 0.25) is 5.95 Å². The van der Waals surface area contributed by atoms with Gasteiger partial charge in [-0.1, -0.05) is 133 Å². The molecule has 0 saturated carbocycles. The molecule has 0 amide bonds. The van der Waals surface area contributed by atoms with E-state index in [1.165, 1.54) is 59.5 Å². The van der Waals surface area contributed by atoms with Crippen molar-refractivity contribution in [1.29, 1.82) is 0 Å². The number of rotatable bonds is 3. The molecule has 0 bridgehead atoms. The van der Waals surface area contributed by atoms with Crippen LogP contribution in [0.3, 0.4) is 0 Å². The molecule has 9 aromatic carbocycles. The predicted octanol–water partition coefficient (Wildman–Crippen LogP) is 13.0. The van der Waals surface area contributed by atoms with Crippen molar-refractivity contribution in [1.82, 2.24) is 19.1 Å². The molecule has 0 saturated heterocycles.